The van der Waals surface area contributed by atoms with Crippen molar-refractivity contribution in [2.45, 2.75) is 0 Å². The first-order valence-electron chi connectivity index (χ1n) is 10.5. The summed E-state index contributed by atoms with van der Waals surface area (Å²) < 4.78 is 11.0. The summed E-state index contributed by atoms with van der Waals surface area (Å²) in [4.78, 5) is 30.0. The number of fused-ring (bicyclic) bond motifs is 1. The minimum absolute atomic E-state index is 0.387. The number of benzene rings is 1. The second-order valence-corrected chi connectivity index (χ2v) is 7.37. The molecule has 0 unspecified atom stereocenters. The van der Waals surface area contributed by atoms with Gasteiger partial charge in [-0.25, -0.2) is 19.7 Å². The summed E-state index contributed by atoms with van der Waals surface area (Å²) in [5.74, 6) is 2.91. The van der Waals surface area contributed by atoms with Crippen LogP contribution < -0.4 is 29.9 Å². The molecule has 2 aromatic heterocycles. The van der Waals surface area contributed by atoms with Crippen LogP contribution in [0.25, 0.3) is 0 Å². The van der Waals surface area contributed by atoms with Crippen LogP contribution in [0.5, 0.6) is 11.5 Å². The van der Waals surface area contributed by atoms with Crippen LogP contribution in [0, 0.1) is 0 Å². The third kappa shape index (κ3) is 4.48. The maximum atomic E-state index is 12.3. The van der Waals surface area contributed by atoms with Gasteiger partial charge in [0, 0.05) is 44.1 Å². The van der Waals surface area contributed by atoms with E-state index in [1.165, 1.54) is 0 Å². The van der Waals surface area contributed by atoms with E-state index in [2.05, 4.69) is 35.4 Å². The van der Waals surface area contributed by atoms with Gasteiger partial charge in [0.25, 0.3) is 0 Å². The zero-order chi connectivity index (χ0) is 21.8. The lowest BCUT2D eigenvalue weighted by atomic mass is 10.2. The van der Waals surface area contributed by atoms with Gasteiger partial charge in [0.1, 0.15) is 19.0 Å². The lowest BCUT2D eigenvalue weighted by Gasteiger charge is -2.35. The topological polar surface area (TPSA) is 105 Å². The Morgan fingerprint density at radius 3 is 2.28 bits per heavy atom. The van der Waals surface area contributed by atoms with Crippen molar-refractivity contribution in [1.82, 2.24) is 15.0 Å². The Balaban J connectivity index is 1.14. The van der Waals surface area contributed by atoms with Crippen LogP contribution in [0.4, 0.5) is 27.9 Å². The molecular weight excluding hydrogens is 410 g/mol. The third-order valence-corrected chi connectivity index (χ3v) is 5.23. The van der Waals surface area contributed by atoms with Crippen LogP contribution in [-0.2, 0) is 0 Å². The number of nitrogens with zero attached hydrogens (tertiary/aromatic N) is 5. The summed E-state index contributed by atoms with van der Waals surface area (Å²) in [5.41, 5.74) is 1.12. The number of urea groups is 1. The highest BCUT2D eigenvalue weighted by molar-refractivity contribution is 5.99. The molecule has 3 aromatic rings. The molecule has 0 bridgehead atoms. The molecular formula is C22H23N7O3. The Kier molecular flexibility index (Phi) is 5.56. The van der Waals surface area contributed by atoms with Crippen LogP contribution in [0.15, 0.2) is 55.0 Å². The van der Waals surface area contributed by atoms with Gasteiger partial charge >= 0.3 is 6.03 Å². The van der Waals surface area contributed by atoms with Gasteiger partial charge in [0.2, 0.25) is 5.95 Å². The van der Waals surface area contributed by atoms with E-state index in [1.54, 1.807) is 36.8 Å². The number of carbonyl (C=O) groups is 1. The molecule has 1 saturated heterocycles. The molecule has 10 nitrogen and oxygen atoms in total. The predicted octanol–water partition coefficient (Wildman–Crippen LogP) is 2.61. The fraction of sp³-hybridized carbons (Fsp3) is 0.273. The van der Waals surface area contributed by atoms with E-state index in [0.29, 0.717) is 42.0 Å². The van der Waals surface area contributed by atoms with Crippen molar-refractivity contribution in [3.63, 3.8) is 0 Å². The Labute approximate surface area is 185 Å². The normalized spacial score (nSPS) is 15.2. The molecule has 0 saturated carbocycles. The number of ether oxygens (including phenoxy) is 2. The van der Waals surface area contributed by atoms with Crippen molar-refractivity contribution in [2.24, 2.45) is 0 Å². The molecule has 5 rings (SSSR count). The molecule has 2 amide bonds. The van der Waals surface area contributed by atoms with Crippen molar-refractivity contribution in [2.75, 3.05) is 59.8 Å². The quantitative estimate of drug-likeness (QED) is 0.647. The number of anilines is 4. The van der Waals surface area contributed by atoms with Crippen molar-refractivity contribution >= 4 is 29.2 Å². The number of rotatable bonds is 4. The Morgan fingerprint density at radius 2 is 1.53 bits per heavy atom. The molecule has 164 valence electrons. The number of aromatic nitrogens is 3. The summed E-state index contributed by atoms with van der Waals surface area (Å²) in [6, 6.07) is 10.8. The maximum absolute atomic E-state index is 12.3. The third-order valence-electron chi connectivity index (χ3n) is 5.23. The Hall–Kier alpha value is -4.08. The van der Waals surface area contributed by atoms with E-state index in [9.17, 15) is 4.79 Å². The highest BCUT2D eigenvalue weighted by atomic mass is 16.6. The molecule has 1 aromatic carbocycles. The minimum Gasteiger partial charge on any atom is -0.486 e. The SMILES string of the molecule is O=C(Nc1cnc(N2CCN(c3ccccn3)CC2)nc1)Nc1ccc2c(c1)OCCO2. The number of hydrogen-bond donors (Lipinski definition) is 2. The highest BCUT2D eigenvalue weighted by Crippen LogP contribution is 2.32. The van der Waals surface area contributed by atoms with Crippen molar-refractivity contribution in [3.05, 3.63) is 55.0 Å². The largest absolute Gasteiger partial charge is 0.486 e. The van der Waals surface area contributed by atoms with E-state index >= 15 is 0 Å². The van der Waals surface area contributed by atoms with Crippen LogP contribution >= 0.6 is 0 Å². The lowest BCUT2D eigenvalue weighted by molar-refractivity contribution is 0.171. The van der Waals surface area contributed by atoms with Gasteiger partial charge in [0.15, 0.2) is 11.5 Å². The van der Waals surface area contributed by atoms with E-state index in [-0.39, 0.29) is 6.03 Å². The van der Waals surface area contributed by atoms with Gasteiger partial charge in [-0.05, 0) is 24.3 Å². The number of piperazine rings is 1. The maximum Gasteiger partial charge on any atom is 0.323 e. The first-order chi connectivity index (χ1) is 15.7. The van der Waals surface area contributed by atoms with Gasteiger partial charge in [-0.15, -0.1) is 0 Å². The molecule has 0 radical (unpaired) electrons. The predicted molar refractivity (Wildman–Crippen MR) is 121 cm³/mol. The average Bonchev–Trinajstić information content (AvgIpc) is 2.85. The zero-order valence-corrected chi connectivity index (χ0v) is 17.4. The fourth-order valence-electron chi connectivity index (χ4n) is 3.64. The number of amides is 2. The van der Waals surface area contributed by atoms with Crippen LogP contribution in [0.2, 0.25) is 0 Å². The van der Waals surface area contributed by atoms with Crippen LogP contribution in [-0.4, -0.2) is 60.4 Å². The second-order valence-electron chi connectivity index (χ2n) is 7.37. The fourth-order valence-corrected chi connectivity index (χ4v) is 3.64. The molecule has 1 fully saturated rings. The van der Waals surface area contributed by atoms with Gasteiger partial charge in [-0.3, -0.25) is 0 Å². The number of carbonyl (C=O) groups excluding carboxylic acids is 1. The minimum atomic E-state index is -0.387. The highest BCUT2D eigenvalue weighted by Gasteiger charge is 2.20. The van der Waals surface area contributed by atoms with E-state index in [1.807, 2.05) is 18.2 Å². The van der Waals surface area contributed by atoms with Gasteiger partial charge < -0.3 is 29.9 Å². The van der Waals surface area contributed by atoms with Crippen molar-refractivity contribution < 1.29 is 14.3 Å². The Bertz CT molecular complexity index is 1070. The molecule has 0 atom stereocenters. The molecule has 2 N–H and O–H groups in total. The second kappa shape index (κ2) is 8.96. The summed E-state index contributed by atoms with van der Waals surface area (Å²) in [7, 11) is 0. The van der Waals surface area contributed by atoms with Crippen molar-refractivity contribution in [1.29, 1.82) is 0 Å². The summed E-state index contributed by atoms with van der Waals surface area (Å²) >= 11 is 0. The standard InChI is InChI=1S/C22H23N7O3/c30-22(26-16-4-5-18-19(13-16)32-12-11-31-18)27-17-14-24-21(25-15-17)29-9-7-28(8-10-29)20-3-1-2-6-23-20/h1-6,13-15H,7-12H2,(H2,26,27,30). The number of nitrogens with one attached hydrogen (secondary N) is 2. The molecule has 32 heavy (non-hydrogen) atoms. The molecule has 4 heterocycles. The van der Waals surface area contributed by atoms with E-state index < -0.39 is 0 Å². The van der Waals surface area contributed by atoms with E-state index in [0.717, 1.165) is 32.0 Å². The number of hydrogen-bond acceptors (Lipinski definition) is 8. The van der Waals surface area contributed by atoms with Gasteiger partial charge in [0.05, 0.1) is 18.1 Å². The van der Waals surface area contributed by atoms with E-state index in [4.69, 9.17) is 9.47 Å². The lowest BCUT2D eigenvalue weighted by Crippen LogP contribution is -2.47. The monoisotopic (exact) mass is 433 g/mol. The first-order valence-corrected chi connectivity index (χ1v) is 10.5. The summed E-state index contributed by atoms with van der Waals surface area (Å²) in [6.45, 7) is 4.30. The molecule has 2 aliphatic rings. The molecule has 0 spiro atoms. The Morgan fingerprint density at radius 1 is 0.812 bits per heavy atom. The molecule has 10 heteroatoms. The average molecular weight is 433 g/mol. The van der Waals surface area contributed by atoms with Gasteiger partial charge in [-0.2, -0.15) is 0 Å². The van der Waals surface area contributed by atoms with Gasteiger partial charge in [-0.1, -0.05) is 6.07 Å². The van der Waals surface area contributed by atoms with Crippen LogP contribution in [0.1, 0.15) is 0 Å². The first kappa shape index (κ1) is 19.9. The molecule has 0 aliphatic carbocycles. The zero-order valence-electron chi connectivity index (χ0n) is 17.4. The van der Waals surface area contributed by atoms with Crippen molar-refractivity contribution in [3.8, 4) is 11.5 Å². The van der Waals surface area contributed by atoms with Crippen LogP contribution in [0.3, 0.4) is 0 Å². The number of pyridine rings is 1. The smallest absolute Gasteiger partial charge is 0.323 e. The summed E-state index contributed by atoms with van der Waals surface area (Å²) in [5, 5.41) is 5.52. The summed E-state index contributed by atoms with van der Waals surface area (Å²) in [6.07, 6.45) is 5.02. The molecule has 2 aliphatic heterocycles.